The minimum atomic E-state index is -3.41. The molecule has 1 N–H and O–H groups in total. The Hall–Kier alpha value is -2.18. The molecule has 0 aliphatic rings. The largest absolute Gasteiger partial charge is 0.289 e. The first-order chi connectivity index (χ1) is 10.3. The maximum absolute atomic E-state index is 12.7. The monoisotopic (exact) mass is 334 g/mol. The van der Waals surface area contributed by atoms with Crippen LogP contribution in [0.3, 0.4) is 0 Å². The molecule has 0 saturated carbocycles. The normalized spacial score (nSPS) is 11.7. The van der Waals surface area contributed by atoms with Gasteiger partial charge in [-0.25, -0.2) is 8.42 Å². The fourth-order valence-electron chi connectivity index (χ4n) is 2.25. The van der Waals surface area contributed by atoms with E-state index >= 15 is 0 Å². The number of anilines is 1. The molecule has 0 fully saturated rings. The van der Waals surface area contributed by atoms with E-state index in [1.165, 1.54) is 12.3 Å². The Bertz CT molecular complexity index is 1070. The number of nitrogens with one attached hydrogen (secondary N) is 1. The van der Waals surface area contributed by atoms with E-state index in [9.17, 15) is 13.2 Å². The third kappa shape index (κ3) is 2.88. The Morgan fingerprint density at radius 2 is 1.82 bits per heavy atom. The van der Waals surface area contributed by atoms with Crippen molar-refractivity contribution in [3.8, 4) is 0 Å². The van der Waals surface area contributed by atoms with Crippen LogP contribution in [-0.2, 0) is 10.0 Å². The molecular formula is C15H11ClN2O3S. The second-order valence-corrected chi connectivity index (χ2v) is 7.11. The number of fused-ring (bicyclic) bond motifs is 2. The fourth-order valence-corrected chi connectivity index (χ4v) is 2.97. The highest BCUT2D eigenvalue weighted by molar-refractivity contribution is 7.92. The van der Waals surface area contributed by atoms with Crippen molar-refractivity contribution in [3.05, 3.63) is 57.8 Å². The van der Waals surface area contributed by atoms with Crippen LogP contribution in [0.25, 0.3) is 21.7 Å². The maximum atomic E-state index is 12.7. The molecule has 0 saturated heterocycles. The van der Waals surface area contributed by atoms with Crippen molar-refractivity contribution in [2.24, 2.45) is 0 Å². The molecule has 0 radical (unpaired) electrons. The van der Waals surface area contributed by atoms with Gasteiger partial charge in [-0.15, -0.1) is 0 Å². The van der Waals surface area contributed by atoms with E-state index in [0.717, 1.165) is 6.26 Å². The summed E-state index contributed by atoms with van der Waals surface area (Å²) in [5, 5.41) is 1.85. The number of hydrogen-bond acceptors (Lipinski definition) is 4. The van der Waals surface area contributed by atoms with Gasteiger partial charge in [0.15, 0.2) is 5.43 Å². The summed E-state index contributed by atoms with van der Waals surface area (Å²) in [7, 11) is -3.41. The fraction of sp³-hybridized carbons (Fsp3) is 0.0667. The number of aromatic nitrogens is 1. The Kier molecular flexibility index (Phi) is 3.50. The molecule has 22 heavy (non-hydrogen) atoms. The number of hydrogen-bond donors (Lipinski definition) is 1. The first-order valence-corrected chi connectivity index (χ1v) is 8.60. The summed E-state index contributed by atoms with van der Waals surface area (Å²) in [5.41, 5.74) is 0.617. The summed E-state index contributed by atoms with van der Waals surface area (Å²) in [4.78, 5) is 16.8. The zero-order valence-corrected chi connectivity index (χ0v) is 13.1. The lowest BCUT2D eigenvalue weighted by atomic mass is 10.1. The Morgan fingerprint density at radius 3 is 2.55 bits per heavy atom. The average Bonchev–Trinajstić information content (AvgIpc) is 2.56. The summed E-state index contributed by atoms with van der Waals surface area (Å²) in [5.74, 6) is 0. The van der Waals surface area contributed by atoms with E-state index in [2.05, 4.69) is 9.71 Å². The molecule has 0 amide bonds. The molecule has 2 aromatic carbocycles. The molecule has 112 valence electrons. The van der Waals surface area contributed by atoms with Gasteiger partial charge in [-0.3, -0.25) is 14.5 Å². The van der Waals surface area contributed by atoms with Crippen molar-refractivity contribution in [2.45, 2.75) is 0 Å². The number of sulfonamides is 1. The minimum absolute atomic E-state index is 0.248. The number of pyridine rings is 1. The molecule has 0 aliphatic carbocycles. The highest BCUT2D eigenvalue weighted by Crippen LogP contribution is 2.20. The predicted octanol–water partition coefficient (Wildman–Crippen LogP) is 2.77. The summed E-state index contributed by atoms with van der Waals surface area (Å²) < 4.78 is 25.0. The summed E-state index contributed by atoms with van der Waals surface area (Å²) in [6.07, 6.45) is 2.53. The van der Waals surface area contributed by atoms with Crippen molar-refractivity contribution < 1.29 is 8.42 Å². The molecule has 1 aromatic heterocycles. The van der Waals surface area contributed by atoms with Gasteiger partial charge >= 0.3 is 0 Å². The first kappa shape index (κ1) is 14.7. The van der Waals surface area contributed by atoms with E-state index < -0.39 is 10.0 Å². The van der Waals surface area contributed by atoms with Crippen molar-refractivity contribution >= 4 is 49.0 Å². The highest BCUT2D eigenvalue weighted by Gasteiger charge is 2.07. The van der Waals surface area contributed by atoms with Crippen molar-refractivity contribution in [1.29, 1.82) is 0 Å². The number of halogens is 1. The molecule has 5 nitrogen and oxygen atoms in total. The first-order valence-electron chi connectivity index (χ1n) is 6.34. The molecule has 1 heterocycles. The standard InChI is InChI=1S/C15H11ClN2O3S/c1-22(20,21)18-11-4-2-9-3-5-14-13(6-10(16)8-17-14)15(19)12(9)7-11/h2-8,18H,1H3. The molecule has 3 aromatic rings. The molecule has 3 rings (SSSR count). The van der Waals surface area contributed by atoms with Crippen molar-refractivity contribution in [1.82, 2.24) is 4.98 Å². The van der Waals surface area contributed by atoms with Gasteiger partial charge in [0.1, 0.15) is 0 Å². The van der Waals surface area contributed by atoms with Gasteiger partial charge in [0, 0.05) is 22.7 Å². The summed E-state index contributed by atoms with van der Waals surface area (Å²) in [6.45, 7) is 0. The zero-order chi connectivity index (χ0) is 15.9. The number of rotatable bonds is 2. The van der Waals surface area contributed by atoms with Crippen LogP contribution in [0, 0.1) is 0 Å². The van der Waals surface area contributed by atoms with Crippen LogP contribution in [0.2, 0.25) is 5.02 Å². The number of nitrogens with zero attached hydrogens (tertiary/aromatic N) is 1. The van der Waals surface area contributed by atoms with Crippen LogP contribution in [0.15, 0.2) is 47.4 Å². The van der Waals surface area contributed by atoms with E-state index in [0.29, 0.717) is 32.4 Å². The third-order valence-electron chi connectivity index (χ3n) is 3.15. The van der Waals surface area contributed by atoms with Gasteiger partial charge in [0.05, 0.1) is 16.8 Å². The molecule has 0 unspecified atom stereocenters. The number of benzene rings is 1. The topological polar surface area (TPSA) is 76.1 Å². The Balaban J connectivity index is 2.38. The summed E-state index contributed by atoms with van der Waals surface area (Å²) in [6, 6.07) is 9.86. The lowest BCUT2D eigenvalue weighted by molar-refractivity contribution is 0.607. The van der Waals surface area contributed by atoms with Gasteiger partial charge < -0.3 is 0 Å². The van der Waals surface area contributed by atoms with Gasteiger partial charge in [0.2, 0.25) is 10.0 Å². The van der Waals surface area contributed by atoms with Crippen molar-refractivity contribution in [2.75, 3.05) is 11.0 Å². The molecule has 0 bridgehead atoms. The van der Waals surface area contributed by atoms with Crippen LogP contribution in [0.1, 0.15) is 0 Å². The Morgan fingerprint density at radius 1 is 1.09 bits per heavy atom. The molecule has 0 aliphatic heterocycles. The lowest BCUT2D eigenvalue weighted by Crippen LogP contribution is -2.10. The molecule has 0 spiro atoms. The highest BCUT2D eigenvalue weighted by atomic mass is 35.5. The van der Waals surface area contributed by atoms with E-state index in [1.54, 1.807) is 30.3 Å². The quantitative estimate of drug-likeness (QED) is 0.781. The zero-order valence-electron chi connectivity index (χ0n) is 11.5. The van der Waals surface area contributed by atoms with Gasteiger partial charge in [-0.05, 0) is 29.7 Å². The molecule has 0 atom stereocenters. The van der Waals surface area contributed by atoms with Gasteiger partial charge in [0.25, 0.3) is 0 Å². The van der Waals surface area contributed by atoms with E-state index in [-0.39, 0.29) is 5.43 Å². The molecule has 7 heteroatoms. The van der Waals surface area contributed by atoms with Crippen LogP contribution >= 0.6 is 11.6 Å². The third-order valence-corrected chi connectivity index (χ3v) is 3.96. The second kappa shape index (κ2) is 5.23. The van der Waals surface area contributed by atoms with Gasteiger partial charge in [-0.1, -0.05) is 23.7 Å². The lowest BCUT2D eigenvalue weighted by Gasteiger charge is -2.03. The Labute approximate surface area is 131 Å². The van der Waals surface area contributed by atoms with Crippen LogP contribution in [0.4, 0.5) is 5.69 Å². The predicted molar refractivity (Wildman–Crippen MR) is 89.0 cm³/mol. The summed E-state index contributed by atoms with van der Waals surface area (Å²) >= 11 is 5.91. The van der Waals surface area contributed by atoms with Crippen molar-refractivity contribution in [3.63, 3.8) is 0 Å². The molecular weight excluding hydrogens is 324 g/mol. The van der Waals surface area contributed by atoms with E-state index in [4.69, 9.17) is 11.6 Å². The van der Waals surface area contributed by atoms with Crippen LogP contribution in [0.5, 0.6) is 0 Å². The SMILES string of the molecule is CS(=O)(=O)Nc1ccc2ccc3ncc(Cl)cc3c(=O)c2c1. The van der Waals surface area contributed by atoms with Crippen LogP contribution in [-0.4, -0.2) is 19.7 Å². The van der Waals surface area contributed by atoms with Crippen LogP contribution < -0.4 is 10.2 Å². The maximum Gasteiger partial charge on any atom is 0.229 e. The minimum Gasteiger partial charge on any atom is -0.289 e. The van der Waals surface area contributed by atoms with E-state index in [1.807, 2.05) is 0 Å². The average molecular weight is 335 g/mol. The van der Waals surface area contributed by atoms with Gasteiger partial charge in [-0.2, -0.15) is 0 Å². The smallest absolute Gasteiger partial charge is 0.229 e. The second-order valence-electron chi connectivity index (χ2n) is 4.93.